The molecule has 0 heterocycles. The Bertz CT molecular complexity index is 440. The summed E-state index contributed by atoms with van der Waals surface area (Å²) >= 11 is 0. The zero-order chi connectivity index (χ0) is 14.3. The van der Waals surface area contributed by atoms with Crippen molar-refractivity contribution in [2.45, 2.75) is 26.3 Å². The smallest absolute Gasteiger partial charge is 0.333 e. The molecule has 0 aliphatic heterocycles. The Kier molecular flexibility index (Phi) is 6.22. The van der Waals surface area contributed by atoms with Crippen molar-refractivity contribution in [2.24, 2.45) is 0 Å². The van der Waals surface area contributed by atoms with Gasteiger partial charge in [-0.15, -0.1) is 0 Å². The van der Waals surface area contributed by atoms with E-state index in [0.717, 1.165) is 5.56 Å². The summed E-state index contributed by atoms with van der Waals surface area (Å²) in [6, 6.07) is 6.47. The molecule has 0 amide bonds. The molecule has 0 fully saturated rings. The van der Waals surface area contributed by atoms with Crippen molar-refractivity contribution in [1.82, 2.24) is 5.32 Å². The van der Waals surface area contributed by atoms with Crippen molar-refractivity contribution < 1.29 is 13.9 Å². The number of hydrogen-bond acceptors (Lipinski definition) is 3. The molecule has 104 valence electrons. The third kappa shape index (κ3) is 4.83. The number of hydrogen-bond donors (Lipinski definition) is 1. The fourth-order valence-electron chi connectivity index (χ4n) is 1.73. The van der Waals surface area contributed by atoms with Crippen molar-refractivity contribution in [3.63, 3.8) is 0 Å². The van der Waals surface area contributed by atoms with Crippen LogP contribution in [0.25, 0.3) is 0 Å². The van der Waals surface area contributed by atoms with Gasteiger partial charge in [-0.3, -0.25) is 0 Å². The van der Waals surface area contributed by atoms with Crippen LogP contribution in [0.1, 0.15) is 31.9 Å². The van der Waals surface area contributed by atoms with Gasteiger partial charge in [-0.1, -0.05) is 25.1 Å². The first-order chi connectivity index (χ1) is 9.08. The summed E-state index contributed by atoms with van der Waals surface area (Å²) < 4.78 is 17.5. The van der Waals surface area contributed by atoms with Crippen molar-refractivity contribution >= 4 is 5.97 Å². The van der Waals surface area contributed by atoms with Crippen molar-refractivity contribution in [3.05, 3.63) is 47.3 Å². The van der Waals surface area contributed by atoms with Gasteiger partial charge in [0.25, 0.3) is 0 Å². The second kappa shape index (κ2) is 7.69. The normalized spacial score (nSPS) is 13.2. The topological polar surface area (TPSA) is 38.3 Å². The van der Waals surface area contributed by atoms with Crippen LogP contribution in [0.15, 0.2) is 35.9 Å². The van der Waals surface area contributed by atoms with Crippen LogP contribution in [0.2, 0.25) is 0 Å². The van der Waals surface area contributed by atoms with Crippen LogP contribution in [0, 0.1) is 5.82 Å². The summed E-state index contributed by atoms with van der Waals surface area (Å²) in [6.45, 7) is 4.47. The van der Waals surface area contributed by atoms with E-state index in [9.17, 15) is 9.18 Å². The predicted octanol–water partition coefficient (Wildman–Crippen LogP) is 2.99. The molecular weight excluding hydrogens is 245 g/mol. The third-order valence-corrected chi connectivity index (χ3v) is 2.97. The molecular formula is C15H20FNO2. The fraction of sp³-hybridized carbons (Fsp3) is 0.400. The Morgan fingerprint density at radius 3 is 2.58 bits per heavy atom. The lowest BCUT2D eigenvalue weighted by Gasteiger charge is -2.13. The maximum Gasteiger partial charge on any atom is 0.333 e. The molecule has 4 heteroatoms. The molecule has 0 aromatic heterocycles. The summed E-state index contributed by atoms with van der Waals surface area (Å²) in [5, 5.41) is 3.26. The lowest BCUT2D eigenvalue weighted by Crippen LogP contribution is -2.19. The number of carbonyl (C=O) groups is 1. The lowest BCUT2D eigenvalue weighted by molar-refractivity contribution is -0.136. The van der Waals surface area contributed by atoms with E-state index in [1.165, 1.54) is 19.2 Å². The molecule has 1 rings (SSSR count). The highest BCUT2D eigenvalue weighted by atomic mass is 19.1. The van der Waals surface area contributed by atoms with Gasteiger partial charge in [-0.25, -0.2) is 9.18 Å². The van der Waals surface area contributed by atoms with Crippen molar-refractivity contribution in [3.8, 4) is 0 Å². The van der Waals surface area contributed by atoms with Crippen LogP contribution in [-0.2, 0) is 9.53 Å². The zero-order valence-electron chi connectivity index (χ0n) is 11.6. The lowest BCUT2D eigenvalue weighted by atomic mass is 10.1. The van der Waals surface area contributed by atoms with E-state index in [1.54, 1.807) is 12.1 Å². The van der Waals surface area contributed by atoms with Gasteiger partial charge < -0.3 is 10.1 Å². The molecule has 1 aromatic carbocycles. The molecule has 19 heavy (non-hydrogen) atoms. The number of ether oxygens (including phenoxy) is 1. The Hall–Kier alpha value is -1.68. The molecule has 0 aliphatic carbocycles. The molecule has 3 nitrogen and oxygen atoms in total. The fourth-order valence-corrected chi connectivity index (χ4v) is 1.73. The number of methoxy groups -OCH3 is 1. The number of benzene rings is 1. The molecule has 1 N–H and O–H groups in total. The first kappa shape index (κ1) is 15.4. The molecule has 0 bridgehead atoms. The van der Waals surface area contributed by atoms with Gasteiger partial charge in [-0.05, 0) is 31.0 Å². The van der Waals surface area contributed by atoms with Gasteiger partial charge in [0.1, 0.15) is 5.82 Å². The third-order valence-electron chi connectivity index (χ3n) is 2.97. The second-order valence-corrected chi connectivity index (χ2v) is 4.26. The largest absolute Gasteiger partial charge is 0.466 e. The van der Waals surface area contributed by atoms with Crippen LogP contribution in [-0.4, -0.2) is 19.6 Å². The first-order valence-electron chi connectivity index (χ1n) is 6.34. The number of esters is 1. The van der Waals surface area contributed by atoms with E-state index in [0.29, 0.717) is 18.5 Å². The standard InChI is InChI=1S/C15H20FNO2/c1-4-12(15(18)19-3)9-10-17-11(2)13-5-7-14(16)8-6-13/h5-9,11,17H,4,10H2,1-3H3/b12-9-/t11-/m1/s1. The number of halogens is 1. The Morgan fingerprint density at radius 1 is 1.42 bits per heavy atom. The van der Waals surface area contributed by atoms with Gasteiger partial charge in [0.2, 0.25) is 0 Å². The Balaban J connectivity index is 2.54. The van der Waals surface area contributed by atoms with Crippen LogP contribution in [0.5, 0.6) is 0 Å². The molecule has 0 aliphatic rings. The van der Waals surface area contributed by atoms with Crippen LogP contribution in [0.4, 0.5) is 4.39 Å². The molecule has 0 unspecified atom stereocenters. The van der Waals surface area contributed by atoms with Gasteiger partial charge in [0.15, 0.2) is 0 Å². The number of carbonyl (C=O) groups excluding carboxylic acids is 1. The Morgan fingerprint density at radius 2 is 2.05 bits per heavy atom. The number of nitrogens with one attached hydrogen (secondary N) is 1. The summed E-state index contributed by atoms with van der Waals surface area (Å²) in [4.78, 5) is 11.4. The van der Waals surface area contributed by atoms with Crippen LogP contribution in [0.3, 0.4) is 0 Å². The highest BCUT2D eigenvalue weighted by Gasteiger charge is 2.07. The van der Waals surface area contributed by atoms with Gasteiger partial charge in [0.05, 0.1) is 7.11 Å². The highest BCUT2D eigenvalue weighted by molar-refractivity contribution is 5.88. The van der Waals surface area contributed by atoms with Crippen LogP contribution >= 0.6 is 0 Å². The van der Waals surface area contributed by atoms with Crippen molar-refractivity contribution in [1.29, 1.82) is 0 Å². The van der Waals surface area contributed by atoms with Crippen LogP contribution < -0.4 is 5.32 Å². The van der Waals surface area contributed by atoms with E-state index in [2.05, 4.69) is 10.1 Å². The monoisotopic (exact) mass is 265 g/mol. The van der Waals surface area contributed by atoms with E-state index in [-0.39, 0.29) is 17.8 Å². The molecule has 0 radical (unpaired) electrons. The molecule has 0 spiro atoms. The van der Waals surface area contributed by atoms with E-state index < -0.39 is 0 Å². The molecule has 1 aromatic rings. The molecule has 1 atom stereocenters. The van der Waals surface area contributed by atoms with Gasteiger partial charge in [0, 0.05) is 18.2 Å². The zero-order valence-corrected chi connectivity index (χ0v) is 11.6. The quantitative estimate of drug-likeness (QED) is 0.635. The second-order valence-electron chi connectivity index (χ2n) is 4.26. The average molecular weight is 265 g/mol. The summed E-state index contributed by atoms with van der Waals surface area (Å²) in [5.74, 6) is -0.534. The highest BCUT2D eigenvalue weighted by Crippen LogP contribution is 2.12. The Labute approximate surface area is 113 Å². The van der Waals surface area contributed by atoms with Crippen molar-refractivity contribution in [2.75, 3.05) is 13.7 Å². The SMILES string of the molecule is CC/C(=C/CN[C@H](C)c1ccc(F)cc1)C(=O)OC. The maximum atomic E-state index is 12.8. The molecule has 0 saturated heterocycles. The van der Waals surface area contributed by atoms with Gasteiger partial charge in [-0.2, -0.15) is 0 Å². The summed E-state index contributed by atoms with van der Waals surface area (Å²) in [7, 11) is 1.38. The van der Waals surface area contributed by atoms with E-state index in [4.69, 9.17) is 0 Å². The minimum absolute atomic E-state index is 0.0904. The summed E-state index contributed by atoms with van der Waals surface area (Å²) in [6.07, 6.45) is 2.46. The average Bonchev–Trinajstić information content (AvgIpc) is 2.43. The minimum atomic E-state index is -0.293. The number of rotatable bonds is 6. The van der Waals surface area contributed by atoms with E-state index in [1.807, 2.05) is 19.9 Å². The predicted molar refractivity (Wildman–Crippen MR) is 73.2 cm³/mol. The first-order valence-corrected chi connectivity index (χ1v) is 6.34. The minimum Gasteiger partial charge on any atom is -0.466 e. The maximum absolute atomic E-state index is 12.8. The van der Waals surface area contributed by atoms with E-state index >= 15 is 0 Å². The summed E-state index contributed by atoms with van der Waals surface area (Å²) in [5.41, 5.74) is 1.66. The van der Waals surface area contributed by atoms with Gasteiger partial charge >= 0.3 is 5.97 Å². The molecule has 0 saturated carbocycles.